The fourth-order valence-corrected chi connectivity index (χ4v) is 10.9. The molecule has 2 aliphatic carbocycles. The number of hydrogen-bond donors (Lipinski definition) is 1. The molecule has 0 spiro atoms. The van der Waals surface area contributed by atoms with Crippen LogP contribution in [-0.2, 0) is 26.8 Å². The number of nitriles is 2. The summed E-state index contributed by atoms with van der Waals surface area (Å²) < 4.78 is 12.1. The van der Waals surface area contributed by atoms with E-state index in [0.29, 0.717) is 13.0 Å². The highest BCUT2D eigenvalue weighted by Gasteiger charge is 2.66. The van der Waals surface area contributed by atoms with Gasteiger partial charge in [0.15, 0.2) is 0 Å². The maximum absolute atomic E-state index is 11.4. The lowest BCUT2D eigenvalue weighted by Gasteiger charge is -2.05. The molecule has 5 nitrogen and oxygen atoms in total. The number of aliphatic hydroxyl groups excluding tert-OH is 1. The molecule has 1 N–H and O–H groups in total. The molecule has 0 radical (unpaired) electrons. The van der Waals surface area contributed by atoms with Crippen LogP contribution in [-0.4, -0.2) is 24.3 Å². The summed E-state index contributed by atoms with van der Waals surface area (Å²) in [4.78, 5) is 15.0. The quantitative estimate of drug-likeness (QED) is 0.178. The number of fused-ring (bicyclic) bond motifs is 4. The zero-order valence-electron chi connectivity index (χ0n) is 24.6. The Morgan fingerprint density at radius 3 is 1.81 bits per heavy atom. The molecule has 3 aromatic heterocycles. The Balaban J connectivity index is 0.000000126. The second kappa shape index (κ2) is 14.0. The number of benzene rings is 3. The van der Waals surface area contributed by atoms with Gasteiger partial charge in [-0.05, 0) is 102 Å². The minimum Gasteiger partial charge on any atom is -0.464 e. The van der Waals surface area contributed by atoms with Crippen molar-refractivity contribution in [2.45, 2.75) is 37.5 Å². The summed E-state index contributed by atoms with van der Waals surface area (Å²) >= 11 is 15.5. The van der Waals surface area contributed by atoms with Gasteiger partial charge in [-0.3, -0.25) is 4.79 Å². The molecule has 48 heavy (non-hydrogen) atoms. The lowest BCUT2D eigenvalue weighted by atomic mass is 10.0. The number of carbonyl (C=O) groups is 1. The van der Waals surface area contributed by atoms with Crippen LogP contribution in [0, 0.1) is 34.5 Å². The van der Waals surface area contributed by atoms with Gasteiger partial charge in [0.2, 0.25) is 0 Å². The first-order valence-electron chi connectivity index (χ1n) is 14.8. The molecule has 11 heteroatoms. The molecule has 3 aliphatic rings. The molecule has 0 bridgehead atoms. The van der Waals surface area contributed by atoms with Gasteiger partial charge >= 0.3 is 5.97 Å². The highest BCUT2D eigenvalue weighted by molar-refractivity contribution is 9.11. The van der Waals surface area contributed by atoms with E-state index in [9.17, 15) is 15.2 Å². The summed E-state index contributed by atoms with van der Waals surface area (Å²) in [5.41, 5.74) is -0.405. The summed E-state index contributed by atoms with van der Waals surface area (Å²) in [6.07, 6.45) is 2.27. The number of aliphatic hydroxyl groups is 1. The van der Waals surface area contributed by atoms with Crippen LogP contribution in [0.2, 0.25) is 0 Å². The van der Waals surface area contributed by atoms with Gasteiger partial charge in [0.25, 0.3) is 0 Å². The van der Waals surface area contributed by atoms with Crippen molar-refractivity contribution in [3.05, 3.63) is 101 Å². The van der Waals surface area contributed by atoms with Crippen LogP contribution < -0.4 is 0 Å². The van der Waals surface area contributed by atoms with E-state index in [4.69, 9.17) is 10.00 Å². The molecule has 0 amide bonds. The number of carbonyl (C=O) groups excluding carboxylic acids is 1. The van der Waals surface area contributed by atoms with E-state index in [0.717, 1.165) is 41.4 Å². The topological polar surface area (TPSA) is 94.1 Å². The largest absolute Gasteiger partial charge is 0.464 e. The Labute approximate surface area is 316 Å². The van der Waals surface area contributed by atoms with Gasteiger partial charge in [0, 0.05) is 54.7 Å². The number of thiophene rings is 3. The van der Waals surface area contributed by atoms with Gasteiger partial charge in [0.1, 0.15) is 6.61 Å². The van der Waals surface area contributed by atoms with Gasteiger partial charge in [-0.25, -0.2) is 0 Å². The van der Waals surface area contributed by atoms with Crippen molar-refractivity contribution < 1.29 is 14.6 Å². The SMILES string of the molecule is C.N#CC1(c2cc3cc(Br)ccc3s2)CC1CO.N#CCc1cc2cc(Br)ccc2s1.O=C1OCC2(c3cc4cc(Br)ccc4s3)CC12. The van der Waals surface area contributed by atoms with E-state index >= 15 is 0 Å². The molecule has 6 aromatic rings. The molecular formula is C37H29Br3N2O3S3. The predicted octanol–water partition coefficient (Wildman–Crippen LogP) is 11.3. The van der Waals surface area contributed by atoms with Crippen molar-refractivity contribution in [2.24, 2.45) is 11.8 Å². The van der Waals surface area contributed by atoms with Crippen molar-refractivity contribution >= 4 is 118 Å². The molecule has 3 fully saturated rings. The van der Waals surface area contributed by atoms with Crippen molar-refractivity contribution in [1.82, 2.24) is 0 Å². The summed E-state index contributed by atoms with van der Waals surface area (Å²) in [5.74, 6) is 0.228. The minimum atomic E-state index is -0.426. The fraction of sp³-hybridized carbons (Fsp3) is 0.270. The first-order chi connectivity index (χ1) is 22.7. The average Bonchev–Trinajstić information content (AvgIpc) is 3.67. The molecular weight excluding hydrogens is 856 g/mol. The zero-order valence-corrected chi connectivity index (χ0v) is 31.8. The molecule has 4 heterocycles. The number of rotatable bonds is 4. The second-order valence-electron chi connectivity index (χ2n) is 12.0. The molecule has 4 atom stereocenters. The highest BCUT2D eigenvalue weighted by Crippen LogP contribution is 2.61. The molecule has 244 valence electrons. The minimum absolute atomic E-state index is 0. The Hall–Kier alpha value is -2.61. The first kappa shape index (κ1) is 35.2. The maximum Gasteiger partial charge on any atom is 0.310 e. The number of ether oxygens (including phenoxy) is 1. The summed E-state index contributed by atoms with van der Waals surface area (Å²) in [6.45, 7) is 0.677. The van der Waals surface area contributed by atoms with E-state index in [-0.39, 0.29) is 37.3 Å². The fourth-order valence-electron chi connectivity index (χ4n) is 6.19. The number of nitrogens with zero attached hydrogens (tertiary/aromatic N) is 2. The molecule has 1 saturated heterocycles. The van der Waals surface area contributed by atoms with Crippen LogP contribution >= 0.6 is 81.8 Å². The van der Waals surface area contributed by atoms with Crippen LogP contribution in [0.5, 0.6) is 0 Å². The van der Waals surface area contributed by atoms with Crippen LogP contribution in [0.3, 0.4) is 0 Å². The lowest BCUT2D eigenvalue weighted by molar-refractivity contribution is -0.141. The average molecular weight is 886 g/mol. The van der Waals surface area contributed by atoms with Gasteiger partial charge < -0.3 is 9.84 Å². The summed E-state index contributed by atoms with van der Waals surface area (Å²) in [5, 5.41) is 30.7. The predicted molar refractivity (Wildman–Crippen MR) is 208 cm³/mol. The Morgan fingerprint density at radius 1 is 0.792 bits per heavy atom. The van der Waals surface area contributed by atoms with Crippen molar-refractivity contribution in [1.29, 1.82) is 10.5 Å². The molecule has 3 aromatic carbocycles. The number of esters is 1. The van der Waals surface area contributed by atoms with Crippen molar-refractivity contribution in [2.75, 3.05) is 13.2 Å². The van der Waals surface area contributed by atoms with Gasteiger partial charge in [0.05, 0.1) is 35.3 Å². The van der Waals surface area contributed by atoms with Crippen LogP contribution in [0.15, 0.2) is 86.2 Å². The number of hydrogen-bond acceptors (Lipinski definition) is 8. The molecule has 1 aliphatic heterocycles. The normalized spacial score (nSPS) is 23.1. The monoisotopic (exact) mass is 882 g/mol. The van der Waals surface area contributed by atoms with Crippen LogP contribution in [0.25, 0.3) is 30.3 Å². The zero-order chi connectivity index (χ0) is 32.9. The Kier molecular flexibility index (Phi) is 10.2. The second-order valence-corrected chi connectivity index (χ2v) is 18.1. The Morgan fingerprint density at radius 2 is 1.33 bits per heavy atom. The highest BCUT2D eigenvalue weighted by atomic mass is 79.9. The van der Waals surface area contributed by atoms with E-state index in [1.54, 1.807) is 34.0 Å². The smallest absolute Gasteiger partial charge is 0.310 e. The number of cyclic esters (lactones) is 1. The van der Waals surface area contributed by atoms with Gasteiger partial charge in [-0.1, -0.05) is 55.2 Å². The van der Waals surface area contributed by atoms with E-state index in [1.165, 1.54) is 29.7 Å². The van der Waals surface area contributed by atoms with Gasteiger partial charge in [-0.2, -0.15) is 10.5 Å². The van der Waals surface area contributed by atoms with Crippen molar-refractivity contribution in [3.63, 3.8) is 0 Å². The standard InChI is InChI=1S/C13H10BrNOS.C13H9BrO2S.C10H6BrNS.CH4/c14-10-1-2-11-8(3-10)4-12(17-11)13(7-15)5-9(13)6-16;14-8-1-2-10-7(3-8)4-11(17-10)13-5-9(13)12(15)16-6-13;11-8-1-2-10-7(5-8)6-9(13-10)3-4-12;/h1-4,9,16H,5-6H2;1-4,9H,5-6H2;1-2,5-6H,3H2;1H4. The number of halogens is 3. The summed E-state index contributed by atoms with van der Waals surface area (Å²) in [7, 11) is 0. The van der Waals surface area contributed by atoms with E-state index in [1.807, 2.05) is 12.1 Å². The van der Waals surface area contributed by atoms with E-state index < -0.39 is 5.41 Å². The lowest BCUT2D eigenvalue weighted by Crippen LogP contribution is -2.08. The Bertz CT molecular complexity index is 2260. The molecule has 2 saturated carbocycles. The first-order valence-corrected chi connectivity index (χ1v) is 19.6. The van der Waals surface area contributed by atoms with Gasteiger partial charge in [-0.15, -0.1) is 34.0 Å². The third-order valence-corrected chi connectivity index (χ3v) is 14.3. The third kappa shape index (κ3) is 6.64. The van der Waals surface area contributed by atoms with Crippen molar-refractivity contribution in [3.8, 4) is 12.1 Å². The summed E-state index contributed by atoms with van der Waals surface area (Å²) in [6, 6.07) is 29.5. The maximum atomic E-state index is 11.4. The third-order valence-electron chi connectivity index (χ3n) is 9.03. The van der Waals surface area contributed by atoms with Crippen LogP contribution in [0.4, 0.5) is 0 Å². The molecule has 9 rings (SSSR count). The van der Waals surface area contributed by atoms with Crippen LogP contribution in [0.1, 0.15) is 34.9 Å². The molecule has 4 unspecified atom stereocenters. The van der Waals surface area contributed by atoms with E-state index in [2.05, 4.69) is 121 Å².